The van der Waals surface area contributed by atoms with Crippen LogP contribution in [0.1, 0.15) is 23.2 Å². The quantitative estimate of drug-likeness (QED) is 0.905. The molecule has 7 heteroatoms. The molecule has 0 spiro atoms. The molecule has 1 amide bonds. The molecule has 1 saturated heterocycles. The van der Waals surface area contributed by atoms with E-state index in [1.54, 1.807) is 24.4 Å². The topological polar surface area (TPSA) is 82.5 Å². The highest BCUT2D eigenvalue weighted by atomic mass is 32.1. The molecule has 1 fully saturated rings. The third kappa shape index (κ3) is 2.94. The summed E-state index contributed by atoms with van der Waals surface area (Å²) in [4.78, 5) is 29.3. The summed E-state index contributed by atoms with van der Waals surface area (Å²) >= 11 is 1.47. The molecule has 22 heavy (non-hydrogen) atoms. The normalized spacial score (nSPS) is 17.5. The summed E-state index contributed by atoms with van der Waals surface area (Å²) in [5, 5.41) is 14.9. The first kappa shape index (κ1) is 14.5. The van der Waals surface area contributed by atoms with Gasteiger partial charge in [-0.05, 0) is 31.0 Å². The van der Waals surface area contributed by atoms with Gasteiger partial charge in [0, 0.05) is 29.4 Å². The monoisotopic (exact) mass is 317 g/mol. The number of benzene rings is 1. The Morgan fingerprint density at radius 1 is 1.41 bits per heavy atom. The number of aliphatic carboxylic acids is 1. The van der Waals surface area contributed by atoms with Crippen LogP contribution in [0.5, 0.6) is 0 Å². The van der Waals surface area contributed by atoms with Crippen molar-refractivity contribution in [3.8, 4) is 0 Å². The first-order chi connectivity index (χ1) is 10.6. The molecule has 0 bridgehead atoms. The number of anilines is 2. The second-order valence-corrected chi connectivity index (χ2v) is 5.93. The molecule has 1 aromatic heterocycles. The number of rotatable bonds is 4. The molecule has 114 valence electrons. The third-order valence-corrected chi connectivity index (χ3v) is 4.28. The summed E-state index contributed by atoms with van der Waals surface area (Å²) in [7, 11) is 0. The van der Waals surface area contributed by atoms with Gasteiger partial charge >= 0.3 is 5.97 Å². The van der Waals surface area contributed by atoms with Crippen molar-refractivity contribution in [3.05, 3.63) is 41.4 Å². The van der Waals surface area contributed by atoms with Crippen LogP contribution in [-0.2, 0) is 4.79 Å². The van der Waals surface area contributed by atoms with Crippen molar-refractivity contribution < 1.29 is 14.7 Å². The molecule has 0 radical (unpaired) electrons. The van der Waals surface area contributed by atoms with Crippen LogP contribution >= 0.6 is 11.3 Å². The largest absolute Gasteiger partial charge is 0.480 e. The number of carbonyl (C=O) groups is 2. The number of carboxylic acid groups (broad SMARTS) is 1. The van der Waals surface area contributed by atoms with Crippen LogP contribution < -0.4 is 5.32 Å². The maximum Gasteiger partial charge on any atom is 0.326 e. The maximum atomic E-state index is 12.5. The zero-order chi connectivity index (χ0) is 15.5. The second kappa shape index (κ2) is 6.15. The van der Waals surface area contributed by atoms with Crippen LogP contribution in [0.25, 0.3) is 0 Å². The van der Waals surface area contributed by atoms with Crippen molar-refractivity contribution in [2.75, 3.05) is 11.9 Å². The summed E-state index contributed by atoms with van der Waals surface area (Å²) in [6, 6.07) is 6.32. The smallest absolute Gasteiger partial charge is 0.326 e. The van der Waals surface area contributed by atoms with E-state index in [1.165, 1.54) is 16.2 Å². The van der Waals surface area contributed by atoms with E-state index in [9.17, 15) is 14.7 Å². The molecule has 6 nitrogen and oxygen atoms in total. The highest BCUT2D eigenvalue weighted by molar-refractivity contribution is 7.13. The van der Waals surface area contributed by atoms with Gasteiger partial charge in [0.15, 0.2) is 5.13 Å². The van der Waals surface area contributed by atoms with Crippen LogP contribution in [0, 0.1) is 0 Å². The molecular formula is C15H15N3O3S. The van der Waals surface area contributed by atoms with E-state index < -0.39 is 12.0 Å². The van der Waals surface area contributed by atoms with E-state index in [2.05, 4.69) is 10.3 Å². The van der Waals surface area contributed by atoms with E-state index in [4.69, 9.17) is 0 Å². The number of hydrogen-bond donors (Lipinski definition) is 2. The van der Waals surface area contributed by atoms with Crippen molar-refractivity contribution in [2.45, 2.75) is 18.9 Å². The van der Waals surface area contributed by atoms with Crippen LogP contribution in [0.15, 0.2) is 35.8 Å². The minimum Gasteiger partial charge on any atom is -0.480 e. The molecule has 0 aliphatic carbocycles. The first-order valence-corrected chi connectivity index (χ1v) is 7.83. The minimum absolute atomic E-state index is 0.243. The van der Waals surface area contributed by atoms with E-state index in [1.807, 2.05) is 11.4 Å². The molecule has 2 N–H and O–H groups in total. The van der Waals surface area contributed by atoms with E-state index in [0.717, 1.165) is 17.2 Å². The van der Waals surface area contributed by atoms with Crippen molar-refractivity contribution >= 4 is 34.0 Å². The van der Waals surface area contributed by atoms with Gasteiger partial charge in [0.05, 0.1) is 0 Å². The minimum atomic E-state index is -0.942. The Morgan fingerprint density at radius 3 is 3.00 bits per heavy atom. The summed E-state index contributed by atoms with van der Waals surface area (Å²) < 4.78 is 0. The predicted molar refractivity (Wildman–Crippen MR) is 83.5 cm³/mol. The highest BCUT2D eigenvalue weighted by Crippen LogP contribution is 2.23. The zero-order valence-corrected chi connectivity index (χ0v) is 12.5. The Bertz CT molecular complexity index is 687. The third-order valence-electron chi connectivity index (χ3n) is 3.59. The molecule has 2 heterocycles. The van der Waals surface area contributed by atoms with E-state index in [0.29, 0.717) is 18.5 Å². The molecule has 0 saturated carbocycles. The standard InChI is InChI=1S/C15H15N3O3S/c19-13(18-7-2-5-12(18)14(20)21)10-3-1-4-11(9-10)17-15-16-6-8-22-15/h1,3-4,6,8-9,12H,2,5,7H2,(H,16,17)(H,20,21). The molecular weight excluding hydrogens is 302 g/mol. The Morgan fingerprint density at radius 2 is 2.27 bits per heavy atom. The lowest BCUT2D eigenvalue weighted by atomic mass is 10.1. The maximum absolute atomic E-state index is 12.5. The molecule has 1 atom stereocenters. The Kier molecular flexibility index (Phi) is 4.06. The lowest BCUT2D eigenvalue weighted by Crippen LogP contribution is -2.40. The van der Waals surface area contributed by atoms with Crippen LogP contribution in [0.2, 0.25) is 0 Å². The first-order valence-electron chi connectivity index (χ1n) is 6.95. The van der Waals surface area contributed by atoms with Crippen molar-refractivity contribution in [1.29, 1.82) is 0 Å². The van der Waals surface area contributed by atoms with E-state index in [-0.39, 0.29) is 5.91 Å². The Balaban J connectivity index is 1.79. The number of carboxylic acids is 1. The van der Waals surface area contributed by atoms with Gasteiger partial charge in [-0.25, -0.2) is 9.78 Å². The van der Waals surface area contributed by atoms with Crippen molar-refractivity contribution in [1.82, 2.24) is 9.88 Å². The summed E-state index contributed by atoms with van der Waals surface area (Å²) in [6.45, 7) is 0.486. The fourth-order valence-corrected chi connectivity index (χ4v) is 3.12. The van der Waals surface area contributed by atoms with Crippen LogP contribution in [0.4, 0.5) is 10.8 Å². The predicted octanol–water partition coefficient (Wildman–Crippen LogP) is 2.58. The number of thiazole rings is 1. The molecule has 1 aliphatic rings. The van der Waals surface area contributed by atoms with Gasteiger partial charge in [0.25, 0.3) is 5.91 Å². The molecule has 2 aromatic rings. The number of nitrogens with one attached hydrogen (secondary N) is 1. The Labute approximate surface area is 131 Å². The number of hydrogen-bond acceptors (Lipinski definition) is 5. The number of amides is 1. The van der Waals surface area contributed by atoms with E-state index >= 15 is 0 Å². The van der Waals surface area contributed by atoms with Gasteiger partial charge in [-0.15, -0.1) is 11.3 Å². The average molecular weight is 317 g/mol. The number of likely N-dealkylation sites (tertiary alicyclic amines) is 1. The van der Waals surface area contributed by atoms with Gasteiger partial charge in [0.1, 0.15) is 6.04 Å². The van der Waals surface area contributed by atoms with Gasteiger partial charge in [0.2, 0.25) is 0 Å². The number of nitrogens with zero attached hydrogens (tertiary/aromatic N) is 2. The summed E-state index contributed by atoms with van der Waals surface area (Å²) in [5.74, 6) is -1.18. The van der Waals surface area contributed by atoms with Crippen LogP contribution in [-0.4, -0.2) is 39.5 Å². The highest BCUT2D eigenvalue weighted by Gasteiger charge is 2.34. The Hall–Kier alpha value is -2.41. The van der Waals surface area contributed by atoms with Gasteiger partial charge in [-0.3, -0.25) is 4.79 Å². The van der Waals surface area contributed by atoms with Crippen molar-refractivity contribution in [3.63, 3.8) is 0 Å². The van der Waals surface area contributed by atoms with Gasteiger partial charge < -0.3 is 15.3 Å². The van der Waals surface area contributed by atoms with Crippen molar-refractivity contribution in [2.24, 2.45) is 0 Å². The average Bonchev–Trinajstić information content (AvgIpc) is 3.17. The fraction of sp³-hybridized carbons (Fsp3) is 0.267. The number of carbonyl (C=O) groups excluding carboxylic acids is 1. The molecule has 1 aliphatic heterocycles. The number of aromatic nitrogens is 1. The molecule has 3 rings (SSSR count). The molecule has 1 unspecified atom stereocenters. The van der Waals surface area contributed by atoms with Gasteiger partial charge in [-0.1, -0.05) is 6.07 Å². The van der Waals surface area contributed by atoms with Gasteiger partial charge in [-0.2, -0.15) is 0 Å². The second-order valence-electron chi connectivity index (χ2n) is 5.04. The van der Waals surface area contributed by atoms with Crippen LogP contribution in [0.3, 0.4) is 0 Å². The zero-order valence-electron chi connectivity index (χ0n) is 11.7. The fourth-order valence-electron chi connectivity index (χ4n) is 2.57. The molecule has 1 aromatic carbocycles. The lowest BCUT2D eigenvalue weighted by molar-refractivity contribution is -0.141. The SMILES string of the molecule is O=C(O)C1CCCN1C(=O)c1cccc(Nc2nccs2)c1. The summed E-state index contributed by atoms with van der Waals surface area (Å²) in [6.07, 6.45) is 2.93. The lowest BCUT2D eigenvalue weighted by Gasteiger charge is -2.21. The summed E-state index contributed by atoms with van der Waals surface area (Å²) in [5.41, 5.74) is 1.24.